The van der Waals surface area contributed by atoms with Crippen LogP contribution in [0.15, 0.2) is 48.9 Å². The van der Waals surface area contributed by atoms with Gasteiger partial charge in [0.2, 0.25) is 0 Å². The third kappa shape index (κ3) is 7.35. The highest BCUT2D eigenvalue weighted by atomic mass is 35.5. The SMILES string of the molecule is Cn1cccc1C(=O)OCC(=O)O[C@@H](Cc1c(Cl)cncc1Cl)c1ccc(OC(F)F)c(OCC2CC2)c1. The van der Waals surface area contributed by atoms with Crippen LogP contribution in [0.3, 0.4) is 0 Å². The number of hydrogen-bond acceptors (Lipinski definition) is 7. The minimum absolute atomic E-state index is 0.0226. The van der Waals surface area contributed by atoms with Crippen LogP contribution in [0.2, 0.25) is 10.0 Å². The molecule has 2 heterocycles. The molecule has 0 bridgehead atoms. The first-order valence-corrected chi connectivity index (χ1v) is 12.4. The number of aromatic nitrogens is 2. The first-order valence-electron chi connectivity index (χ1n) is 11.7. The zero-order valence-electron chi connectivity index (χ0n) is 20.2. The smallest absolute Gasteiger partial charge is 0.387 e. The second kappa shape index (κ2) is 12.4. The summed E-state index contributed by atoms with van der Waals surface area (Å²) >= 11 is 12.6. The lowest BCUT2D eigenvalue weighted by molar-refractivity contribution is -0.153. The summed E-state index contributed by atoms with van der Waals surface area (Å²) in [5, 5.41) is 0.494. The number of pyridine rings is 1. The van der Waals surface area contributed by atoms with Gasteiger partial charge in [-0.25, -0.2) is 9.59 Å². The third-order valence-electron chi connectivity index (χ3n) is 5.82. The number of carbonyl (C=O) groups is 2. The molecule has 1 atom stereocenters. The van der Waals surface area contributed by atoms with Crippen molar-refractivity contribution in [1.29, 1.82) is 0 Å². The maximum atomic E-state index is 13.0. The molecule has 1 aromatic carbocycles. The fraction of sp³-hybridized carbons (Fsp3) is 0.346. The minimum Gasteiger partial charge on any atom is -0.489 e. The van der Waals surface area contributed by atoms with Gasteiger partial charge >= 0.3 is 18.6 Å². The molecule has 1 fully saturated rings. The van der Waals surface area contributed by atoms with Gasteiger partial charge in [-0.05, 0) is 54.2 Å². The number of rotatable bonds is 12. The molecule has 3 aromatic rings. The van der Waals surface area contributed by atoms with Crippen LogP contribution >= 0.6 is 23.2 Å². The average molecular weight is 569 g/mol. The van der Waals surface area contributed by atoms with Crippen molar-refractivity contribution >= 4 is 35.1 Å². The minimum atomic E-state index is -3.05. The van der Waals surface area contributed by atoms with Gasteiger partial charge in [-0.1, -0.05) is 29.3 Å². The van der Waals surface area contributed by atoms with E-state index in [1.807, 2.05) is 0 Å². The van der Waals surface area contributed by atoms with Crippen LogP contribution in [0.1, 0.15) is 40.6 Å². The normalized spacial score (nSPS) is 13.7. The largest absolute Gasteiger partial charge is 0.489 e. The molecular weight excluding hydrogens is 545 g/mol. The third-order valence-corrected chi connectivity index (χ3v) is 6.47. The molecular formula is C26H24Cl2F2N2O6. The number of nitrogens with zero attached hydrogens (tertiary/aromatic N) is 2. The predicted molar refractivity (Wildman–Crippen MR) is 134 cm³/mol. The highest BCUT2D eigenvalue weighted by Gasteiger charge is 2.26. The summed E-state index contributed by atoms with van der Waals surface area (Å²) in [6.07, 6.45) is 5.47. The van der Waals surface area contributed by atoms with E-state index in [-0.39, 0.29) is 33.7 Å². The number of benzene rings is 1. The molecule has 0 aliphatic heterocycles. The fourth-order valence-electron chi connectivity index (χ4n) is 3.63. The van der Waals surface area contributed by atoms with Gasteiger partial charge in [0.15, 0.2) is 18.1 Å². The van der Waals surface area contributed by atoms with Gasteiger partial charge in [0, 0.05) is 32.1 Å². The van der Waals surface area contributed by atoms with Crippen LogP contribution in [0.5, 0.6) is 11.5 Å². The highest BCUT2D eigenvalue weighted by Crippen LogP contribution is 2.37. The topological polar surface area (TPSA) is 88.9 Å². The molecule has 0 amide bonds. The van der Waals surface area contributed by atoms with E-state index >= 15 is 0 Å². The van der Waals surface area contributed by atoms with Crippen LogP contribution < -0.4 is 9.47 Å². The molecule has 0 unspecified atom stereocenters. The molecule has 38 heavy (non-hydrogen) atoms. The average Bonchev–Trinajstić information content (AvgIpc) is 3.61. The Kier molecular flexibility index (Phi) is 9.06. The van der Waals surface area contributed by atoms with Crippen molar-refractivity contribution < 1.29 is 37.3 Å². The van der Waals surface area contributed by atoms with Gasteiger partial charge < -0.3 is 23.5 Å². The quantitative estimate of drug-likeness (QED) is 0.255. The molecule has 8 nitrogen and oxygen atoms in total. The van der Waals surface area contributed by atoms with Crippen LogP contribution in [0.4, 0.5) is 8.78 Å². The number of ether oxygens (including phenoxy) is 4. The van der Waals surface area contributed by atoms with E-state index in [4.69, 9.17) is 37.4 Å². The molecule has 1 saturated carbocycles. The molecule has 0 N–H and O–H groups in total. The van der Waals surface area contributed by atoms with Gasteiger partial charge in [-0.15, -0.1) is 0 Å². The molecule has 0 spiro atoms. The predicted octanol–water partition coefficient (Wildman–Crippen LogP) is 5.80. The van der Waals surface area contributed by atoms with Gasteiger partial charge in [0.1, 0.15) is 11.8 Å². The molecule has 12 heteroatoms. The van der Waals surface area contributed by atoms with Gasteiger partial charge in [-0.3, -0.25) is 4.98 Å². The summed E-state index contributed by atoms with van der Waals surface area (Å²) < 4.78 is 48.6. The lowest BCUT2D eigenvalue weighted by Crippen LogP contribution is -2.21. The Balaban J connectivity index is 1.56. The van der Waals surface area contributed by atoms with Gasteiger partial charge in [-0.2, -0.15) is 8.78 Å². The summed E-state index contributed by atoms with van der Waals surface area (Å²) in [4.78, 5) is 28.9. The molecule has 0 saturated heterocycles. The molecule has 1 aliphatic carbocycles. The summed E-state index contributed by atoms with van der Waals surface area (Å²) in [5.41, 5.74) is 1.12. The molecule has 2 aromatic heterocycles. The number of aryl methyl sites for hydroxylation is 1. The highest BCUT2D eigenvalue weighted by molar-refractivity contribution is 6.35. The van der Waals surface area contributed by atoms with Crippen LogP contribution in [0, 0.1) is 5.92 Å². The molecule has 202 valence electrons. The molecule has 4 rings (SSSR count). The second-order valence-electron chi connectivity index (χ2n) is 8.68. The van der Waals surface area contributed by atoms with Crippen molar-refractivity contribution in [1.82, 2.24) is 9.55 Å². The fourth-order valence-corrected chi connectivity index (χ4v) is 4.15. The van der Waals surface area contributed by atoms with Gasteiger partial charge in [0.25, 0.3) is 0 Å². The Morgan fingerprint density at radius 3 is 2.50 bits per heavy atom. The van der Waals surface area contributed by atoms with Gasteiger partial charge in [0.05, 0.1) is 16.7 Å². The Labute approximate surface area is 227 Å². The lowest BCUT2D eigenvalue weighted by atomic mass is 10.0. The van der Waals surface area contributed by atoms with E-state index in [9.17, 15) is 18.4 Å². The van der Waals surface area contributed by atoms with E-state index in [0.29, 0.717) is 23.7 Å². The number of halogens is 4. The van der Waals surface area contributed by atoms with E-state index in [0.717, 1.165) is 12.8 Å². The number of carbonyl (C=O) groups excluding carboxylic acids is 2. The van der Waals surface area contributed by atoms with Crippen molar-refractivity contribution in [3.05, 3.63) is 75.8 Å². The van der Waals surface area contributed by atoms with Crippen molar-refractivity contribution in [3.63, 3.8) is 0 Å². The summed E-state index contributed by atoms with van der Waals surface area (Å²) in [6, 6.07) is 7.47. The Morgan fingerprint density at radius 1 is 1.13 bits per heavy atom. The van der Waals surface area contributed by atoms with Crippen LogP contribution in [-0.2, 0) is 27.7 Å². The number of esters is 2. The zero-order valence-corrected chi connectivity index (χ0v) is 21.8. The maximum Gasteiger partial charge on any atom is 0.387 e. The van der Waals surface area contributed by atoms with Crippen molar-refractivity contribution in [3.8, 4) is 11.5 Å². The number of hydrogen-bond donors (Lipinski definition) is 0. The standard InChI is InChI=1S/C26H24Cl2F2N2O6/c1-32-8-2-3-20(32)25(34)36-14-24(33)37-22(10-17-18(27)11-31-12-19(17)28)16-6-7-21(38-26(29)30)23(9-16)35-13-15-4-5-15/h2-3,6-9,11-12,15,22,26H,4-5,10,13-14H2,1H3/t22-/m0/s1. The summed E-state index contributed by atoms with van der Waals surface area (Å²) in [6.45, 7) is -3.37. The Bertz CT molecular complexity index is 1280. The van der Waals surface area contributed by atoms with E-state index in [1.165, 1.54) is 30.6 Å². The summed E-state index contributed by atoms with van der Waals surface area (Å²) in [5.74, 6) is -1.26. The van der Waals surface area contributed by atoms with Crippen molar-refractivity contribution in [2.45, 2.75) is 32.0 Å². The summed E-state index contributed by atoms with van der Waals surface area (Å²) in [7, 11) is 1.66. The Morgan fingerprint density at radius 2 is 1.87 bits per heavy atom. The van der Waals surface area contributed by atoms with Crippen LogP contribution in [0.25, 0.3) is 0 Å². The first kappa shape index (κ1) is 27.7. The first-order chi connectivity index (χ1) is 18.2. The zero-order chi connectivity index (χ0) is 27.2. The van der Waals surface area contributed by atoms with Crippen LogP contribution in [-0.4, -0.2) is 41.3 Å². The monoisotopic (exact) mass is 568 g/mol. The van der Waals surface area contributed by atoms with E-state index < -0.39 is 31.3 Å². The van der Waals surface area contributed by atoms with E-state index in [1.54, 1.807) is 29.9 Å². The van der Waals surface area contributed by atoms with Crippen molar-refractivity contribution in [2.24, 2.45) is 13.0 Å². The molecule has 0 radical (unpaired) electrons. The Hall–Kier alpha value is -3.37. The maximum absolute atomic E-state index is 13.0. The number of alkyl halides is 2. The second-order valence-corrected chi connectivity index (χ2v) is 9.50. The lowest BCUT2D eigenvalue weighted by Gasteiger charge is -2.21. The molecule has 1 aliphatic rings. The van der Waals surface area contributed by atoms with Crippen molar-refractivity contribution in [2.75, 3.05) is 13.2 Å². The van der Waals surface area contributed by atoms with E-state index in [2.05, 4.69) is 9.72 Å².